The molecule has 3 N–H and O–H groups in total. The SMILES string of the molecule is CCC(CO)(CO)NC(=O)C1CSc2ccccc21. The number of nitrogens with one attached hydrogen (secondary N) is 1. The Hall–Kier alpha value is -1.04. The van der Waals surface area contributed by atoms with Crippen LogP contribution in [0, 0.1) is 0 Å². The van der Waals surface area contributed by atoms with Gasteiger partial charge in [-0.3, -0.25) is 4.79 Å². The minimum absolute atomic E-state index is 0.123. The van der Waals surface area contributed by atoms with Crippen molar-refractivity contribution in [2.75, 3.05) is 19.0 Å². The van der Waals surface area contributed by atoms with Gasteiger partial charge in [-0.15, -0.1) is 11.8 Å². The van der Waals surface area contributed by atoms with Gasteiger partial charge in [0, 0.05) is 10.6 Å². The van der Waals surface area contributed by atoms with Crippen molar-refractivity contribution in [3.8, 4) is 0 Å². The third-order valence-corrected chi connectivity index (χ3v) is 4.87. The molecule has 1 heterocycles. The average Bonchev–Trinajstić information content (AvgIpc) is 2.89. The monoisotopic (exact) mass is 281 g/mol. The van der Waals surface area contributed by atoms with E-state index < -0.39 is 5.54 Å². The largest absolute Gasteiger partial charge is 0.394 e. The molecule has 1 unspecified atom stereocenters. The van der Waals surface area contributed by atoms with E-state index in [9.17, 15) is 15.0 Å². The molecule has 1 aromatic rings. The van der Waals surface area contributed by atoms with Gasteiger partial charge in [0.05, 0.1) is 24.7 Å². The topological polar surface area (TPSA) is 69.6 Å². The van der Waals surface area contributed by atoms with E-state index in [1.54, 1.807) is 11.8 Å². The van der Waals surface area contributed by atoms with Gasteiger partial charge in [0.1, 0.15) is 0 Å². The number of amides is 1. The fourth-order valence-electron chi connectivity index (χ4n) is 2.17. The Balaban J connectivity index is 2.14. The third-order valence-electron chi connectivity index (χ3n) is 3.69. The second-order valence-corrected chi connectivity index (χ2v) is 5.90. The van der Waals surface area contributed by atoms with Gasteiger partial charge in [0.25, 0.3) is 0 Å². The summed E-state index contributed by atoms with van der Waals surface area (Å²) in [5, 5.41) is 21.6. The van der Waals surface area contributed by atoms with Crippen LogP contribution in [0.3, 0.4) is 0 Å². The number of fused-ring (bicyclic) bond motifs is 1. The second kappa shape index (κ2) is 5.94. The summed E-state index contributed by atoms with van der Waals surface area (Å²) in [6.45, 7) is 1.32. The molecule has 1 aliphatic heterocycles. The first kappa shape index (κ1) is 14.4. The molecule has 1 aromatic carbocycles. The Labute approximate surface area is 117 Å². The first-order chi connectivity index (χ1) is 9.15. The second-order valence-electron chi connectivity index (χ2n) is 4.84. The average molecular weight is 281 g/mol. The maximum absolute atomic E-state index is 12.4. The summed E-state index contributed by atoms with van der Waals surface area (Å²) in [6, 6.07) is 7.86. The van der Waals surface area contributed by atoms with E-state index in [2.05, 4.69) is 5.32 Å². The molecule has 4 nitrogen and oxygen atoms in total. The van der Waals surface area contributed by atoms with Gasteiger partial charge in [-0.1, -0.05) is 25.1 Å². The molecule has 5 heteroatoms. The maximum atomic E-state index is 12.4. The first-order valence-electron chi connectivity index (χ1n) is 6.41. The molecule has 0 saturated carbocycles. The zero-order valence-electron chi connectivity index (χ0n) is 10.9. The van der Waals surface area contributed by atoms with E-state index in [4.69, 9.17) is 0 Å². The van der Waals surface area contributed by atoms with Gasteiger partial charge in [-0.05, 0) is 18.1 Å². The molecule has 0 fully saturated rings. The number of carbonyl (C=O) groups is 1. The van der Waals surface area contributed by atoms with Crippen molar-refractivity contribution < 1.29 is 15.0 Å². The van der Waals surface area contributed by atoms with Crippen LogP contribution in [0.1, 0.15) is 24.8 Å². The van der Waals surface area contributed by atoms with E-state index in [1.807, 2.05) is 31.2 Å². The molecular weight excluding hydrogens is 262 g/mol. The maximum Gasteiger partial charge on any atom is 0.229 e. The molecule has 2 rings (SSSR count). The van der Waals surface area contributed by atoms with Crippen molar-refractivity contribution in [3.05, 3.63) is 29.8 Å². The molecule has 0 aromatic heterocycles. The van der Waals surface area contributed by atoms with Crippen molar-refractivity contribution in [3.63, 3.8) is 0 Å². The predicted octanol–water partition coefficient (Wildman–Crippen LogP) is 1.13. The molecule has 0 spiro atoms. The van der Waals surface area contributed by atoms with Crippen LogP contribution in [0.5, 0.6) is 0 Å². The molecule has 1 amide bonds. The Morgan fingerprint density at radius 2 is 2.11 bits per heavy atom. The number of aliphatic hydroxyl groups is 2. The van der Waals surface area contributed by atoms with Crippen molar-refractivity contribution in [2.24, 2.45) is 0 Å². The lowest BCUT2D eigenvalue weighted by atomic mass is 9.95. The summed E-state index contributed by atoms with van der Waals surface area (Å²) < 4.78 is 0. The molecule has 0 saturated heterocycles. The zero-order chi connectivity index (χ0) is 13.9. The molecule has 1 aliphatic rings. The van der Waals surface area contributed by atoms with Crippen LogP contribution in [-0.4, -0.2) is 40.6 Å². The van der Waals surface area contributed by atoms with Crippen LogP contribution in [0.2, 0.25) is 0 Å². The van der Waals surface area contributed by atoms with Crippen LogP contribution >= 0.6 is 11.8 Å². The van der Waals surface area contributed by atoms with Crippen molar-refractivity contribution >= 4 is 17.7 Å². The molecular formula is C14H19NO3S. The number of thioether (sulfide) groups is 1. The molecule has 0 bridgehead atoms. The fraction of sp³-hybridized carbons (Fsp3) is 0.500. The van der Waals surface area contributed by atoms with Gasteiger partial charge < -0.3 is 15.5 Å². The fourth-order valence-corrected chi connectivity index (χ4v) is 3.40. The van der Waals surface area contributed by atoms with Gasteiger partial charge in [-0.25, -0.2) is 0 Å². The van der Waals surface area contributed by atoms with E-state index in [1.165, 1.54) is 0 Å². The minimum atomic E-state index is -0.917. The zero-order valence-corrected chi connectivity index (χ0v) is 11.7. The van der Waals surface area contributed by atoms with Gasteiger partial charge in [-0.2, -0.15) is 0 Å². The van der Waals surface area contributed by atoms with Crippen LogP contribution in [0.4, 0.5) is 0 Å². The Kier molecular flexibility index (Phi) is 4.50. The summed E-state index contributed by atoms with van der Waals surface area (Å²) >= 11 is 1.67. The van der Waals surface area contributed by atoms with Crippen molar-refractivity contribution in [1.29, 1.82) is 0 Å². The van der Waals surface area contributed by atoms with Gasteiger partial charge in [0.2, 0.25) is 5.91 Å². The molecule has 0 radical (unpaired) electrons. The lowest BCUT2D eigenvalue weighted by molar-refractivity contribution is -0.125. The molecule has 104 valence electrons. The predicted molar refractivity (Wildman–Crippen MR) is 75.2 cm³/mol. The van der Waals surface area contributed by atoms with Gasteiger partial charge in [0.15, 0.2) is 0 Å². The highest BCUT2D eigenvalue weighted by Gasteiger charge is 2.35. The first-order valence-corrected chi connectivity index (χ1v) is 7.40. The third kappa shape index (κ3) is 2.78. The number of benzene rings is 1. The van der Waals surface area contributed by atoms with Crippen LogP contribution in [0.15, 0.2) is 29.2 Å². The minimum Gasteiger partial charge on any atom is -0.394 e. The summed E-state index contributed by atoms with van der Waals surface area (Å²) in [7, 11) is 0. The Bertz CT molecular complexity index is 451. The smallest absolute Gasteiger partial charge is 0.229 e. The summed E-state index contributed by atoms with van der Waals surface area (Å²) in [4.78, 5) is 13.5. The number of hydrogen-bond acceptors (Lipinski definition) is 4. The number of rotatable bonds is 5. The van der Waals surface area contributed by atoms with Crippen molar-refractivity contribution in [2.45, 2.75) is 29.7 Å². The van der Waals surface area contributed by atoms with Gasteiger partial charge >= 0.3 is 0 Å². The molecule has 19 heavy (non-hydrogen) atoms. The quantitative estimate of drug-likeness (QED) is 0.756. The number of carbonyl (C=O) groups excluding carboxylic acids is 1. The summed E-state index contributed by atoms with van der Waals surface area (Å²) in [5.74, 6) is 0.384. The highest BCUT2D eigenvalue weighted by atomic mass is 32.2. The Morgan fingerprint density at radius 3 is 2.74 bits per heavy atom. The standard InChI is InChI=1S/C14H19NO3S/c1-2-14(8-16,9-17)15-13(18)11-7-19-12-6-4-3-5-10(11)12/h3-6,11,16-17H,2,7-9H2,1H3,(H,15,18). The number of aliphatic hydroxyl groups excluding tert-OH is 2. The molecule has 1 atom stereocenters. The van der Waals surface area contributed by atoms with E-state index in [0.717, 1.165) is 10.5 Å². The normalized spacial score (nSPS) is 18.2. The molecule has 0 aliphatic carbocycles. The lowest BCUT2D eigenvalue weighted by Gasteiger charge is -2.31. The summed E-state index contributed by atoms with van der Waals surface area (Å²) in [6.07, 6.45) is 0.493. The Morgan fingerprint density at radius 1 is 1.42 bits per heavy atom. The van der Waals surface area contributed by atoms with E-state index in [0.29, 0.717) is 12.2 Å². The van der Waals surface area contributed by atoms with E-state index in [-0.39, 0.29) is 25.0 Å². The van der Waals surface area contributed by atoms with Crippen LogP contribution in [0.25, 0.3) is 0 Å². The van der Waals surface area contributed by atoms with Crippen LogP contribution < -0.4 is 5.32 Å². The van der Waals surface area contributed by atoms with Crippen molar-refractivity contribution in [1.82, 2.24) is 5.32 Å². The highest BCUT2D eigenvalue weighted by Crippen LogP contribution is 2.39. The highest BCUT2D eigenvalue weighted by molar-refractivity contribution is 7.99. The number of hydrogen-bond donors (Lipinski definition) is 3. The lowest BCUT2D eigenvalue weighted by Crippen LogP contribution is -2.55. The summed E-state index contributed by atoms with van der Waals surface area (Å²) in [5.41, 5.74) is 0.116. The van der Waals surface area contributed by atoms with Crippen LogP contribution in [-0.2, 0) is 4.79 Å². The van der Waals surface area contributed by atoms with E-state index >= 15 is 0 Å².